The maximum absolute atomic E-state index is 12.8. The van der Waals surface area contributed by atoms with Crippen molar-refractivity contribution < 1.29 is 17.9 Å². The van der Waals surface area contributed by atoms with Gasteiger partial charge in [0.05, 0.1) is 17.0 Å². The topological polar surface area (TPSA) is 75.7 Å². The van der Waals surface area contributed by atoms with Crippen molar-refractivity contribution in [2.24, 2.45) is 5.92 Å². The second-order valence-corrected chi connectivity index (χ2v) is 8.64. The van der Waals surface area contributed by atoms with E-state index >= 15 is 0 Å². The molecular formula is C17H25ClN2O4S. The van der Waals surface area contributed by atoms with Crippen molar-refractivity contribution >= 4 is 27.5 Å². The lowest BCUT2D eigenvalue weighted by Crippen LogP contribution is -2.44. The predicted octanol–water partition coefficient (Wildman–Crippen LogP) is 2.66. The Kier molecular flexibility index (Phi) is 6.71. The van der Waals surface area contributed by atoms with Crippen molar-refractivity contribution in [2.75, 3.05) is 20.2 Å². The van der Waals surface area contributed by atoms with Gasteiger partial charge in [-0.25, -0.2) is 8.42 Å². The van der Waals surface area contributed by atoms with Crippen molar-refractivity contribution in [1.82, 2.24) is 9.62 Å². The first-order valence-electron chi connectivity index (χ1n) is 8.43. The van der Waals surface area contributed by atoms with Gasteiger partial charge in [-0.2, -0.15) is 4.31 Å². The Morgan fingerprint density at radius 2 is 2.04 bits per heavy atom. The van der Waals surface area contributed by atoms with E-state index in [2.05, 4.69) is 5.32 Å². The first kappa shape index (κ1) is 20.0. The van der Waals surface area contributed by atoms with Crippen LogP contribution in [0.15, 0.2) is 23.1 Å². The van der Waals surface area contributed by atoms with Gasteiger partial charge in [0.1, 0.15) is 5.75 Å². The molecule has 0 saturated carbocycles. The molecule has 1 amide bonds. The van der Waals surface area contributed by atoms with Gasteiger partial charge in [-0.05, 0) is 44.4 Å². The second kappa shape index (κ2) is 8.38. The van der Waals surface area contributed by atoms with E-state index in [1.54, 1.807) is 6.07 Å². The molecule has 0 unspecified atom stereocenters. The van der Waals surface area contributed by atoms with Crippen LogP contribution in [0.1, 0.15) is 33.1 Å². The van der Waals surface area contributed by atoms with Crippen LogP contribution in [0.5, 0.6) is 5.75 Å². The third-order valence-corrected chi connectivity index (χ3v) is 6.78. The van der Waals surface area contributed by atoms with Crippen molar-refractivity contribution in [3.05, 3.63) is 23.2 Å². The van der Waals surface area contributed by atoms with Gasteiger partial charge in [0.25, 0.3) is 0 Å². The van der Waals surface area contributed by atoms with Gasteiger partial charge in [0.15, 0.2) is 0 Å². The molecule has 0 bridgehead atoms. The maximum atomic E-state index is 12.8. The minimum Gasteiger partial charge on any atom is -0.495 e. The zero-order chi connectivity index (χ0) is 18.6. The molecule has 1 saturated heterocycles. The smallest absolute Gasteiger partial charge is 0.243 e. The molecule has 8 heteroatoms. The summed E-state index contributed by atoms with van der Waals surface area (Å²) in [6, 6.07) is 4.57. The largest absolute Gasteiger partial charge is 0.495 e. The maximum Gasteiger partial charge on any atom is 0.243 e. The van der Waals surface area contributed by atoms with Crippen LogP contribution in [-0.4, -0.2) is 44.9 Å². The number of methoxy groups -OCH3 is 1. The molecule has 1 heterocycles. The molecule has 0 aromatic heterocycles. The quantitative estimate of drug-likeness (QED) is 0.812. The van der Waals surface area contributed by atoms with Crippen LogP contribution in [0, 0.1) is 5.92 Å². The van der Waals surface area contributed by atoms with Crippen LogP contribution in [-0.2, 0) is 14.8 Å². The number of benzene rings is 1. The number of halogens is 1. The second-order valence-electron chi connectivity index (χ2n) is 6.29. The average molecular weight is 389 g/mol. The van der Waals surface area contributed by atoms with E-state index < -0.39 is 10.0 Å². The summed E-state index contributed by atoms with van der Waals surface area (Å²) in [5.41, 5.74) is 0. The zero-order valence-corrected chi connectivity index (χ0v) is 16.4. The number of hydrogen-bond donors (Lipinski definition) is 1. The number of piperidine rings is 1. The van der Waals surface area contributed by atoms with Gasteiger partial charge < -0.3 is 10.1 Å². The van der Waals surface area contributed by atoms with E-state index in [0.717, 1.165) is 6.42 Å². The minimum atomic E-state index is -3.62. The summed E-state index contributed by atoms with van der Waals surface area (Å²) in [5, 5.41) is 3.22. The first-order valence-corrected chi connectivity index (χ1v) is 10.3. The van der Waals surface area contributed by atoms with Crippen molar-refractivity contribution in [3.8, 4) is 5.75 Å². The molecule has 1 aliphatic rings. The molecule has 0 aliphatic carbocycles. The molecule has 2 rings (SSSR count). The molecule has 6 nitrogen and oxygen atoms in total. The third kappa shape index (κ3) is 4.65. The molecule has 1 N–H and O–H groups in total. The highest BCUT2D eigenvalue weighted by Crippen LogP contribution is 2.30. The van der Waals surface area contributed by atoms with E-state index in [9.17, 15) is 13.2 Å². The number of hydrogen-bond acceptors (Lipinski definition) is 4. The van der Waals surface area contributed by atoms with Crippen LogP contribution in [0.3, 0.4) is 0 Å². The molecule has 1 fully saturated rings. The van der Waals surface area contributed by atoms with Gasteiger partial charge >= 0.3 is 0 Å². The fraction of sp³-hybridized carbons (Fsp3) is 0.588. The standard InChI is InChI=1S/C17H25ClN2O4S/c1-4-12(2)19-17(21)13-7-9-20(10-8-13)25(22,23)14-5-6-16(24-3)15(18)11-14/h5-6,11-13H,4,7-10H2,1-3H3,(H,19,21)/t12-/m0/s1. The zero-order valence-electron chi connectivity index (χ0n) is 14.8. The number of sulfonamides is 1. The Labute approximate surface area is 154 Å². The van der Waals surface area contributed by atoms with Gasteiger partial charge in [0.2, 0.25) is 15.9 Å². The monoisotopic (exact) mass is 388 g/mol. The average Bonchev–Trinajstić information content (AvgIpc) is 2.61. The number of ether oxygens (including phenoxy) is 1. The SMILES string of the molecule is CC[C@H](C)NC(=O)C1CCN(S(=O)(=O)c2ccc(OC)c(Cl)c2)CC1. The Morgan fingerprint density at radius 1 is 1.40 bits per heavy atom. The highest BCUT2D eigenvalue weighted by molar-refractivity contribution is 7.89. The van der Waals surface area contributed by atoms with Crippen molar-refractivity contribution in [1.29, 1.82) is 0 Å². The molecule has 1 atom stereocenters. The van der Waals surface area contributed by atoms with Crippen LogP contribution in [0.25, 0.3) is 0 Å². The van der Waals surface area contributed by atoms with E-state index in [-0.39, 0.29) is 27.8 Å². The molecule has 0 radical (unpaired) electrons. The van der Waals surface area contributed by atoms with E-state index in [4.69, 9.17) is 16.3 Å². The lowest BCUT2D eigenvalue weighted by atomic mass is 9.97. The fourth-order valence-corrected chi connectivity index (χ4v) is 4.60. The Balaban J connectivity index is 2.04. The molecule has 1 aliphatic heterocycles. The highest BCUT2D eigenvalue weighted by atomic mass is 35.5. The van der Waals surface area contributed by atoms with Crippen LogP contribution in [0.2, 0.25) is 5.02 Å². The predicted molar refractivity (Wildman–Crippen MR) is 97.4 cm³/mol. The van der Waals surface area contributed by atoms with Gasteiger partial charge in [-0.15, -0.1) is 0 Å². The Bertz CT molecular complexity index is 715. The summed E-state index contributed by atoms with van der Waals surface area (Å²) < 4.78 is 32.0. The van der Waals surface area contributed by atoms with Gasteiger partial charge in [-0.3, -0.25) is 4.79 Å². The number of nitrogens with zero attached hydrogens (tertiary/aromatic N) is 1. The number of rotatable bonds is 6. The first-order chi connectivity index (χ1) is 11.8. The van der Waals surface area contributed by atoms with Crippen molar-refractivity contribution in [3.63, 3.8) is 0 Å². The van der Waals surface area contributed by atoms with E-state index in [1.807, 2.05) is 13.8 Å². The minimum absolute atomic E-state index is 0.0129. The third-order valence-electron chi connectivity index (χ3n) is 4.59. The summed E-state index contributed by atoms with van der Waals surface area (Å²) in [6.07, 6.45) is 1.91. The van der Waals surface area contributed by atoms with Crippen LogP contribution in [0.4, 0.5) is 0 Å². The molecule has 25 heavy (non-hydrogen) atoms. The number of carbonyl (C=O) groups is 1. The lowest BCUT2D eigenvalue weighted by molar-refractivity contribution is -0.126. The highest BCUT2D eigenvalue weighted by Gasteiger charge is 2.32. The van der Waals surface area contributed by atoms with Gasteiger partial charge in [-0.1, -0.05) is 18.5 Å². The molecule has 140 valence electrons. The summed E-state index contributed by atoms with van der Waals surface area (Å²) in [7, 11) is -2.15. The number of carbonyl (C=O) groups excluding carboxylic acids is 1. The number of nitrogens with one attached hydrogen (secondary N) is 1. The van der Waals surface area contributed by atoms with Crippen LogP contribution < -0.4 is 10.1 Å². The Morgan fingerprint density at radius 3 is 2.56 bits per heavy atom. The summed E-state index contributed by atoms with van der Waals surface area (Å²) in [5.74, 6) is 0.305. The van der Waals surface area contributed by atoms with E-state index in [0.29, 0.717) is 31.7 Å². The molecule has 0 spiro atoms. The molecular weight excluding hydrogens is 364 g/mol. The molecule has 1 aromatic carbocycles. The van der Waals surface area contributed by atoms with E-state index in [1.165, 1.54) is 23.5 Å². The summed E-state index contributed by atoms with van der Waals surface area (Å²) in [6.45, 7) is 4.63. The van der Waals surface area contributed by atoms with Crippen molar-refractivity contribution in [2.45, 2.75) is 44.0 Å². The van der Waals surface area contributed by atoms with Gasteiger partial charge in [0, 0.05) is 25.0 Å². The summed E-state index contributed by atoms with van der Waals surface area (Å²) in [4.78, 5) is 12.3. The Hall–Kier alpha value is -1.31. The summed E-state index contributed by atoms with van der Waals surface area (Å²) >= 11 is 6.04. The molecule has 1 aromatic rings. The normalized spacial score (nSPS) is 17.9. The number of amides is 1. The lowest BCUT2D eigenvalue weighted by Gasteiger charge is -2.31. The fourth-order valence-electron chi connectivity index (χ4n) is 2.78. The van der Waals surface area contributed by atoms with Crippen LogP contribution >= 0.6 is 11.6 Å².